The van der Waals surface area contributed by atoms with Crippen molar-refractivity contribution in [2.75, 3.05) is 0 Å². The number of hydrogen-bond donors (Lipinski definition) is 0. The molecule has 526 valence electrons. The Bertz CT molecular complexity index is 4850. The molecule has 105 heavy (non-hydrogen) atoms. The first kappa shape index (κ1) is 81.6. The second-order valence-corrected chi connectivity index (χ2v) is 21.8. The molecule has 10 aromatic carbocycles. The first-order valence-electron chi connectivity index (χ1n) is 32.0. The summed E-state index contributed by atoms with van der Waals surface area (Å²) in [5.74, 6) is -0.499. The van der Waals surface area contributed by atoms with Gasteiger partial charge in [-0.2, -0.15) is 13.2 Å². The van der Waals surface area contributed by atoms with E-state index in [9.17, 15) is 17.6 Å². The fourth-order valence-corrected chi connectivity index (χ4v) is 10.1. The molecule has 4 radical (unpaired) electrons. The Labute approximate surface area is 663 Å². The van der Waals surface area contributed by atoms with Crippen molar-refractivity contribution in [2.24, 2.45) is 0 Å². The van der Waals surface area contributed by atoms with Gasteiger partial charge < -0.3 is 34.9 Å². The van der Waals surface area contributed by atoms with Gasteiger partial charge in [-0.1, -0.05) is 121 Å². The average Bonchev–Trinajstić information content (AvgIpc) is 0.748. The summed E-state index contributed by atoms with van der Waals surface area (Å²) in [5.41, 5.74) is 11.8. The van der Waals surface area contributed by atoms with E-state index < -0.39 is 17.6 Å². The summed E-state index contributed by atoms with van der Waals surface area (Å²) < 4.78 is 50.0. The summed E-state index contributed by atoms with van der Waals surface area (Å²) in [6.07, 6.45) is 7.61. The minimum atomic E-state index is -4.42. The molecule has 0 bridgehead atoms. The van der Waals surface area contributed by atoms with Gasteiger partial charge in [-0.05, 0) is 109 Å². The van der Waals surface area contributed by atoms with E-state index in [0.29, 0.717) is 5.56 Å². The molecule has 0 amide bonds. The molecule has 15 heteroatoms. The Morgan fingerprint density at radius 3 is 0.952 bits per heavy atom. The van der Waals surface area contributed by atoms with E-state index in [0.717, 1.165) is 98.0 Å². The molecule has 17 aromatic rings. The monoisotopic (exact) mass is 2090 g/mol. The quantitative estimate of drug-likeness (QED) is 0.116. The van der Waals surface area contributed by atoms with Crippen molar-refractivity contribution in [2.45, 2.75) is 6.18 Å². The van der Waals surface area contributed by atoms with Gasteiger partial charge >= 0.3 is 6.18 Å². The Hall–Kier alpha value is -10.7. The standard InChI is InChI=1S/3C15H10N.C12H6F4N.3C11H8N.4Ir/c2*1-2-7-13(8-3-1)15-14-9-5-4-6-12(14)10-11-16-15;1-2-6-12(7-3-1)15-10-13-8-4-5-9-14(13)11-16-15;13-10-3-1-8(2-4-10)11-7-9(5-6-17-11)12(14,15)16;3*1-2-6-10(7-3-1)11-8-4-5-9-12-11;;;;/h2*1-7,9-11H;1-6,8-11H;1,3-7H;3*1-6,8-9H;;;;/q7*-1;;;;. The van der Waals surface area contributed by atoms with Crippen molar-refractivity contribution < 1.29 is 98.0 Å². The van der Waals surface area contributed by atoms with Crippen molar-refractivity contribution in [1.29, 1.82) is 0 Å². The number of hydrogen-bond acceptors (Lipinski definition) is 7. The van der Waals surface area contributed by atoms with Crippen LogP contribution in [0.25, 0.3) is 111 Å². The van der Waals surface area contributed by atoms with Crippen LogP contribution in [0.4, 0.5) is 17.6 Å². The number of rotatable bonds is 7. The fraction of sp³-hybridized carbons (Fsp3) is 0.0111. The number of halogens is 4. The van der Waals surface area contributed by atoms with Crippen molar-refractivity contribution in [3.8, 4) is 78.8 Å². The third-order valence-electron chi connectivity index (χ3n) is 15.0. The maximum Gasteiger partial charge on any atom is 0.415 e. The topological polar surface area (TPSA) is 90.2 Å². The molecule has 0 spiro atoms. The van der Waals surface area contributed by atoms with Crippen LogP contribution in [0.3, 0.4) is 0 Å². The molecule has 0 aliphatic carbocycles. The molecule has 7 aromatic heterocycles. The van der Waals surface area contributed by atoms with Gasteiger partial charge in [0.1, 0.15) is 0 Å². The molecule has 0 fully saturated rings. The maximum atomic E-state index is 12.6. The Morgan fingerprint density at radius 1 is 0.248 bits per heavy atom. The first-order chi connectivity index (χ1) is 49.7. The zero-order chi connectivity index (χ0) is 69.5. The van der Waals surface area contributed by atoms with E-state index in [4.69, 9.17) is 0 Å². The summed E-state index contributed by atoms with van der Waals surface area (Å²) in [6.45, 7) is 0. The third kappa shape index (κ3) is 24.8. The third-order valence-corrected chi connectivity index (χ3v) is 15.0. The zero-order valence-electron chi connectivity index (χ0n) is 55.6. The van der Waals surface area contributed by atoms with Gasteiger partial charge in [-0.3, -0.25) is 4.39 Å². The number of benzene rings is 10. The number of aromatic nitrogens is 7. The molecule has 0 unspecified atom stereocenters. The van der Waals surface area contributed by atoms with E-state index in [-0.39, 0.29) is 86.1 Å². The second kappa shape index (κ2) is 43.5. The smallest absolute Gasteiger partial charge is 0.305 e. The molecule has 0 aliphatic heterocycles. The van der Waals surface area contributed by atoms with Gasteiger partial charge in [-0.25, -0.2) is 0 Å². The Balaban J connectivity index is 0.000000171. The molecule has 0 N–H and O–H groups in total. The Kier molecular flexibility index (Phi) is 33.8. The van der Waals surface area contributed by atoms with Crippen LogP contribution in [0.1, 0.15) is 5.56 Å². The summed E-state index contributed by atoms with van der Waals surface area (Å²) >= 11 is 0. The molecule has 0 atom stereocenters. The van der Waals surface area contributed by atoms with Gasteiger partial charge in [0.2, 0.25) is 0 Å². The average molecular weight is 2080 g/mol. The van der Waals surface area contributed by atoms with E-state index in [2.05, 4.69) is 120 Å². The normalized spacial score (nSPS) is 9.98. The molecular formula is C90H60F4Ir4N7-7. The minimum Gasteiger partial charge on any atom is -0.305 e. The summed E-state index contributed by atoms with van der Waals surface area (Å²) in [5, 5.41) is 7.15. The largest absolute Gasteiger partial charge is 0.415 e. The van der Waals surface area contributed by atoms with Gasteiger partial charge in [0, 0.05) is 135 Å². The van der Waals surface area contributed by atoms with E-state index >= 15 is 0 Å². The van der Waals surface area contributed by atoms with Crippen LogP contribution in [0.15, 0.2) is 365 Å². The SMILES string of the molecule is Fc1c[c-]c(-c2cc(C(F)(F)F)ccn2)cc1.[Ir].[Ir].[Ir].[Ir].[c-]1ccccc1-c1cc2ccccc2cn1.[c-]1ccccc1-c1ccccn1.[c-]1ccccc1-c1ccccn1.[c-]1ccccc1-c1ccccn1.[c-]1ccccc1-c1nccc2ccccc12.[c-]1ccccc1-c1nccc2ccccc12. The first-order valence-corrected chi connectivity index (χ1v) is 32.0. The number of nitrogens with zero attached hydrogens (tertiary/aromatic N) is 7. The zero-order valence-corrected chi connectivity index (χ0v) is 65.2. The Morgan fingerprint density at radius 2 is 0.581 bits per heavy atom. The molecule has 0 saturated carbocycles. The summed E-state index contributed by atoms with van der Waals surface area (Å²) in [6, 6.07) is 123. The molecule has 7 heterocycles. The maximum absolute atomic E-state index is 12.6. The van der Waals surface area contributed by atoms with Gasteiger partial charge in [0.15, 0.2) is 0 Å². The summed E-state index contributed by atoms with van der Waals surface area (Å²) in [7, 11) is 0. The summed E-state index contributed by atoms with van der Waals surface area (Å²) in [4.78, 5) is 29.8. The van der Waals surface area contributed by atoms with Crippen LogP contribution in [0.5, 0.6) is 0 Å². The molecular weight excluding hydrogens is 2020 g/mol. The van der Waals surface area contributed by atoms with Crippen LogP contribution in [-0.4, -0.2) is 34.9 Å². The predicted molar refractivity (Wildman–Crippen MR) is 397 cm³/mol. The second-order valence-electron chi connectivity index (χ2n) is 21.8. The van der Waals surface area contributed by atoms with Crippen LogP contribution in [0.2, 0.25) is 0 Å². The van der Waals surface area contributed by atoms with E-state index in [1.54, 1.807) is 18.6 Å². The van der Waals surface area contributed by atoms with Crippen molar-refractivity contribution in [3.63, 3.8) is 0 Å². The van der Waals surface area contributed by atoms with Gasteiger partial charge in [-0.15, -0.1) is 245 Å². The molecule has 0 aliphatic rings. The fourth-order valence-electron chi connectivity index (χ4n) is 10.1. The van der Waals surface area contributed by atoms with E-state index in [1.807, 2.05) is 267 Å². The van der Waals surface area contributed by atoms with E-state index in [1.165, 1.54) is 38.4 Å². The van der Waals surface area contributed by atoms with Crippen LogP contribution >= 0.6 is 0 Å². The van der Waals surface area contributed by atoms with Crippen molar-refractivity contribution in [1.82, 2.24) is 34.9 Å². The minimum absolute atomic E-state index is 0. The van der Waals surface area contributed by atoms with Gasteiger partial charge in [0.25, 0.3) is 0 Å². The van der Waals surface area contributed by atoms with Crippen molar-refractivity contribution >= 4 is 32.3 Å². The number of pyridine rings is 7. The van der Waals surface area contributed by atoms with Crippen molar-refractivity contribution in [3.05, 3.63) is 419 Å². The van der Waals surface area contributed by atoms with Crippen LogP contribution in [0, 0.1) is 48.3 Å². The van der Waals surface area contributed by atoms with Crippen LogP contribution < -0.4 is 0 Å². The molecule has 17 rings (SSSR count). The van der Waals surface area contributed by atoms with Crippen LogP contribution in [-0.2, 0) is 86.6 Å². The van der Waals surface area contributed by atoms with Gasteiger partial charge in [0.05, 0.1) is 0 Å². The number of alkyl halides is 3. The molecule has 0 saturated heterocycles. The number of fused-ring (bicyclic) bond motifs is 3. The predicted octanol–water partition coefficient (Wildman–Crippen LogP) is 22.4. The molecule has 7 nitrogen and oxygen atoms in total.